The fraction of sp³-hybridized carbons (Fsp3) is 0.333. The summed E-state index contributed by atoms with van der Waals surface area (Å²) in [5.41, 5.74) is 1.11. The van der Waals surface area contributed by atoms with Crippen molar-refractivity contribution < 1.29 is 22.3 Å². The van der Waals surface area contributed by atoms with Crippen molar-refractivity contribution in [2.24, 2.45) is 0 Å². The van der Waals surface area contributed by atoms with Gasteiger partial charge in [0.1, 0.15) is 5.75 Å². The molecule has 1 aliphatic rings. The Hall–Kier alpha value is -2.90. The van der Waals surface area contributed by atoms with Crippen molar-refractivity contribution >= 4 is 10.9 Å². The zero-order valence-electron chi connectivity index (χ0n) is 15.7. The van der Waals surface area contributed by atoms with Crippen LogP contribution < -0.4 is 10.2 Å². The molecule has 4 nitrogen and oxygen atoms in total. The summed E-state index contributed by atoms with van der Waals surface area (Å²) in [7, 11) is 1.40. The number of aromatic nitrogens is 2. The van der Waals surface area contributed by atoms with E-state index < -0.39 is 17.6 Å². The summed E-state index contributed by atoms with van der Waals surface area (Å²) >= 11 is 0. The van der Waals surface area contributed by atoms with Crippen LogP contribution in [-0.4, -0.2) is 23.0 Å². The monoisotopic (exact) mass is 408 g/mol. The van der Waals surface area contributed by atoms with Crippen molar-refractivity contribution in [3.8, 4) is 5.75 Å². The van der Waals surface area contributed by atoms with Gasteiger partial charge in [0.15, 0.2) is 17.1 Å². The van der Waals surface area contributed by atoms with Crippen molar-refractivity contribution in [3.05, 3.63) is 70.3 Å². The van der Waals surface area contributed by atoms with Gasteiger partial charge in [0.25, 0.3) is 0 Å². The van der Waals surface area contributed by atoms with E-state index in [1.165, 1.54) is 25.4 Å². The van der Waals surface area contributed by atoms with Crippen LogP contribution >= 0.6 is 0 Å². The molecule has 4 rings (SSSR count). The highest BCUT2D eigenvalue weighted by Gasteiger charge is 2.37. The number of alkyl halides is 2. The van der Waals surface area contributed by atoms with E-state index >= 15 is 0 Å². The minimum atomic E-state index is -2.62. The van der Waals surface area contributed by atoms with E-state index in [0.29, 0.717) is 35.2 Å². The molecule has 1 fully saturated rings. The molecule has 0 unspecified atom stereocenters. The quantitative estimate of drug-likeness (QED) is 0.594. The van der Waals surface area contributed by atoms with Crippen LogP contribution in [0.2, 0.25) is 0 Å². The molecule has 0 radical (unpaired) electrons. The predicted octanol–water partition coefficient (Wildman–Crippen LogP) is 5.19. The lowest BCUT2D eigenvalue weighted by atomic mass is 9.84. The Morgan fingerprint density at radius 1 is 1.17 bits per heavy atom. The Kier molecular flexibility index (Phi) is 6.20. The first kappa shape index (κ1) is 20.8. The molecule has 1 saturated carbocycles. The second-order valence-corrected chi connectivity index (χ2v) is 6.94. The molecule has 1 N–H and O–H groups in total. The van der Waals surface area contributed by atoms with Crippen LogP contribution in [-0.2, 0) is 0 Å². The molecule has 1 aliphatic carbocycles. The van der Waals surface area contributed by atoms with Crippen LogP contribution in [0.25, 0.3) is 10.9 Å². The SMILES string of the molecule is COc1ccc(F)c(F)c1.O=c1cc([C@H]2CCCC(F)(F)C2)[nH]c2ccncc12. The molecule has 0 spiro atoms. The third-order valence-electron chi connectivity index (χ3n) is 4.86. The summed E-state index contributed by atoms with van der Waals surface area (Å²) in [6, 6.07) is 6.51. The smallest absolute Gasteiger partial charge is 0.248 e. The summed E-state index contributed by atoms with van der Waals surface area (Å²) in [6.45, 7) is 0. The molecule has 29 heavy (non-hydrogen) atoms. The standard InChI is InChI=1S/C14H14F2N2O.C7H6F2O/c15-14(16)4-1-2-9(7-14)12-6-13(19)10-8-17-5-3-11(10)18-12;1-10-5-2-3-6(8)7(9)4-5/h3,5-6,8-9H,1-2,4,7H2,(H,18,19);2-4H,1H3/t9-;/m0./s1. The van der Waals surface area contributed by atoms with Crippen molar-refractivity contribution in [3.63, 3.8) is 0 Å². The first-order valence-corrected chi connectivity index (χ1v) is 9.13. The summed E-state index contributed by atoms with van der Waals surface area (Å²) in [5.74, 6) is -4.32. The molecule has 1 atom stereocenters. The van der Waals surface area contributed by atoms with E-state index in [2.05, 4.69) is 14.7 Å². The molecule has 1 aromatic carbocycles. The predicted molar refractivity (Wildman–Crippen MR) is 101 cm³/mol. The van der Waals surface area contributed by atoms with Gasteiger partial charge >= 0.3 is 0 Å². The zero-order chi connectivity index (χ0) is 21.0. The molecule has 0 bridgehead atoms. The van der Waals surface area contributed by atoms with Crippen LogP contribution in [0.4, 0.5) is 17.6 Å². The number of hydrogen-bond donors (Lipinski definition) is 1. The van der Waals surface area contributed by atoms with Gasteiger partial charge < -0.3 is 9.72 Å². The molecule has 2 heterocycles. The average Bonchev–Trinajstić information content (AvgIpc) is 2.70. The second-order valence-electron chi connectivity index (χ2n) is 6.94. The first-order chi connectivity index (χ1) is 13.8. The van der Waals surface area contributed by atoms with E-state index in [1.807, 2.05) is 0 Å². The van der Waals surface area contributed by atoms with Gasteiger partial charge in [0.2, 0.25) is 5.92 Å². The number of pyridine rings is 2. The number of aromatic amines is 1. The molecule has 0 amide bonds. The van der Waals surface area contributed by atoms with Crippen molar-refractivity contribution in [2.45, 2.75) is 37.5 Å². The van der Waals surface area contributed by atoms with E-state index in [9.17, 15) is 22.4 Å². The van der Waals surface area contributed by atoms with Gasteiger partial charge in [0.05, 0.1) is 18.0 Å². The number of ether oxygens (including phenoxy) is 1. The van der Waals surface area contributed by atoms with E-state index in [1.54, 1.807) is 12.3 Å². The van der Waals surface area contributed by atoms with Gasteiger partial charge in [-0.15, -0.1) is 0 Å². The molecule has 2 aromatic heterocycles. The largest absolute Gasteiger partial charge is 0.497 e. The molecular weight excluding hydrogens is 388 g/mol. The maximum atomic E-state index is 13.5. The highest BCUT2D eigenvalue weighted by atomic mass is 19.3. The Bertz CT molecular complexity index is 1050. The van der Waals surface area contributed by atoms with Crippen LogP contribution in [0.1, 0.15) is 37.3 Å². The Labute approximate surface area is 164 Å². The molecule has 3 aromatic rings. The summed E-state index contributed by atoms with van der Waals surface area (Å²) in [6.07, 6.45) is 4.03. The first-order valence-electron chi connectivity index (χ1n) is 9.13. The molecule has 0 saturated heterocycles. The summed E-state index contributed by atoms with van der Waals surface area (Å²) < 4.78 is 56.1. The average molecular weight is 408 g/mol. The molecule has 0 aliphatic heterocycles. The summed E-state index contributed by atoms with van der Waals surface area (Å²) in [5, 5.41) is 0.494. The number of benzene rings is 1. The molecule has 8 heteroatoms. The lowest BCUT2D eigenvalue weighted by molar-refractivity contribution is -0.0412. The minimum Gasteiger partial charge on any atom is -0.497 e. The Balaban J connectivity index is 0.000000204. The maximum Gasteiger partial charge on any atom is 0.248 e. The van der Waals surface area contributed by atoms with Crippen molar-refractivity contribution in [1.29, 1.82) is 0 Å². The highest BCUT2D eigenvalue weighted by Crippen LogP contribution is 2.41. The number of nitrogens with one attached hydrogen (secondary N) is 1. The van der Waals surface area contributed by atoms with E-state index in [-0.39, 0.29) is 24.2 Å². The third kappa shape index (κ3) is 5.13. The van der Waals surface area contributed by atoms with E-state index in [4.69, 9.17) is 0 Å². The number of fused-ring (bicyclic) bond motifs is 1. The fourth-order valence-corrected chi connectivity index (χ4v) is 3.37. The second kappa shape index (κ2) is 8.63. The fourth-order valence-electron chi connectivity index (χ4n) is 3.37. The molecular formula is C21H20F4N2O2. The summed E-state index contributed by atoms with van der Waals surface area (Å²) in [4.78, 5) is 19.0. The third-order valence-corrected chi connectivity index (χ3v) is 4.86. The number of nitrogens with zero attached hydrogens (tertiary/aromatic N) is 1. The normalized spacial score (nSPS) is 18.0. The van der Waals surface area contributed by atoms with Gasteiger partial charge in [-0.05, 0) is 31.0 Å². The van der Waals surface area contributed by atoms with Gasteiger partial charge in [-0.1, -0.05) is 0 Å². The van der Waals surface area contributed by atoms with Crippen LogP contribution in [0.5, 0.6) is 5.75 Å². The van der Waals surface area contributed by atoms with Crippen LogP contribution in [0.15, 0.2) is 47.5 Å². The van der Waals surface area contributed by atoms with Gasteiger partial charge in [-0.2, -0.15) is 0 Å². The zero-order valence-corrected chi connectivity index (χ0v) is 15.7. The minimum absolute atomic E-state index is 0.0504. The van der Waals surface area contributed by atoms with Crippen LogP contribution in [0, 0.1) is 11.6 Å². The number of H-pyrrole nitrogens is 1. The van der Waals surface area contributed by atoms with Gasteiger partial charge in [-0.25, -0.2) is 17.6 Å². The Morgan fingerprint density at radius 3 is 2.66 bits per heavy atom. The number of methoxy groups -OCH3 is 1. The highest BCUT2D eigenvalue weighted by molar-refractivity contribution is 5.77. The Morgan fingerprint density at radius 2 is 1.97 bits per heavy atom. The number of halogens is 4. The lowest BCUT2D eigenvalue weighted by Crippen LogP contribution is -2.26. The van der Waals surface area contributed by atoms with Gasteiger partial charge in [-0.3, -0.25) is 9.78 Å². The van der Waals surface area contributed by atoms with Gasteiger partial charge in [0, 0.05) is 49.0 Å². The molecule has 154 valence electrons. The number of rotatable bonds is 2. The maximum absolute atomic E-state index is 13.5. The van der Waals surface area contributed by atoms with Crippen molar-refractivity contribution in [2.75, 3.05) is 7.11 Å². The van der Waals surface area contributed by atoms with Crippen molar-refractivity contribution in [1.82, 2.24) is 9.97 Å². The number of hydrogen-bond acceptors (Lipinski definition) is 3. The topological polar surface area (TPSA) is 55.0 Å². The lowest BCUT2D eigenvalue weighted by Gasteiger charge is -2.28. The van der Waals surface area contributed by atoms with E-state index in [0.717, 1.165) is 12.1 Å². The van der Waals surface area contributed by atoms with Crippen LogP contribution in [0.3, 0.4) is 0 Å².